The zero-order valence-corrected chi connectivity index (χ0v) is 28.8. The highest BCUT2D eigenvalue weighted by atomic mass is 32.1. The van der Waals surface area contributed by atoms with E-state index >= 15 is 0 Å². The van der Waals surface area contributed by atoms with Crippen LogP contribution in [0.4, 0.5) is 0 Å². The second-order valence-corrected chi connectivity index (χ2v) is 14.5. The van der Waals surface area contributed by atoms with Crippen molar-refractivity contribution < 1.29 is 4.42 Å². The molecule has 0 radical (unpaired) electrons. The van der Waals surface area contributed by atoms with E-state index in [9.17, 15) is 0 Å². The lowest BCUT2D eigenvalue weighted by Gasteiger charge is -2.16. The number of thiophene rings is 1. The summed E-state index contributed by atoms with van der Waals surface area (Å²) < 4.78 is 9.23. The fourth-order valence-corrected chi connectivity index (χ4v) is 9.27. The van der Waals surface area contributed by atoms with E-state index in [1.54, 1.807) is 0 Å². The fourth-order valence-electron chi connectivity index (χ4n) is 8.13. The monoisotopic (exact) mass is 679 g/mol. The number of para-hydroxylation sites is 2. The Morgan fingerprint density at radius 3 is 1.94 bits per heavy atom. The number of pyridine rings is 1. The molecular formula is C49H29NOS. The molecule has 8 aromatic carbocycles. The second-order valence-electron chi connectivity index (χ2n) is 13.4. The molecule has 2 nitrogen and oxygen atoms in total. The van der Waals surface area contributed by atoms with Gasteiger partial charge in [-0.1, -0.05) is 140 Å². The first-order chi connectivity index (χ1) is 25.8. The smallest absolute Gasteiger partial charge is 0.136 e. The molecule has 3 heteroatoms. The number of furan rings is 1. The van der Waals surface area contributed by atoms with Crippen LogP contribution in [0.5, 0.6) is 0 Å². The molecule has 0 spiro atoms. The van der Waals surface area contributed by atoms with Crippen LogP contribution in [-0.2, 0) is 0 Å². The molecule has 52 heavy (non-hydrogen) atoms. The quantitative estimate of drug-likeness (QED) is 0.173. The Bertz CT molecular complexity index is 3170. The van der Waals surface area contributed by atoms with Crippen LogP contribution in [0.25, 0.3) is 108 Å². The highest BCUT2D eigenvalue weighted by Crippen LogP contribution is 2.46. The second kappa shape index (κ2) is 11.5. The van der Waals surface area contributed by atoms with Crippen LogP contribution in [0.3, 0.4) is 0 Å². The molecule has 0 unspecified atom stereocenters. The van der Waals surface area contributed by atoms with Gasteiger partial charge in [0.25, 0.3) is 0 Å². The molecule has 0 saturated carbocycles. The Morgan fingerprint density at radius 1 is 0.385 bits per heavy atom. The van der Waals surface area contributed by atoms with Crippen molar-refractivity contribution in [2.75, 3.05) is 0 Å². The van der Waals surface area contributed by atoms with Crippen LogP contribution in [0.1, 0.15) is 0 Å². The van der Waals surface area contributed by atoms with Gasteiger partial charge in [-0.2, -0.15) is 0 Å². The number of nitrogens with zero attached hydrogens (tertiary/aromatic N) is 1. The Labute approximate surface area is 303 Å². The Balaban J connectivity index is 1.11. The van der Waals surface area contributed by atoms with E-state index < -0.39 is 0 Å². The molecule has 0 bridgehead atoms. The molecule has 0 atom stereocenters. The zero-order valence-electron chi connectivity index (χ0n) is 28.0. The third kappa shape index (κ3) is 4.46. The largest absolute Gasteiger partial charge is 0.456 e. The van der Waals surface area contributed by atoms with Gasteiger partial charge in [-0.25, -0.2) is 4.98 Å². The third-order valence-corrected chi connectivity index (χ3v) is 11.6. The number of rotatable bonds is 4. The number of aromatic nitrogens is 1. The van der Waals surface area contributed by atoms with Crippen LogP contribution in [-0.4, -0.2) is 4.98 Å². The van der Waals surface area contributed by atoms with Crippen molar-refractivity contribution in [2.24, 2.45) is 0 Å². The fraction of sp³-hybridized carbons (Fsp3) is 0. The van der Waals surface area contributed by atoms with Crippen LogP contribution >= 0.6 is 11.3 Å². The van der Waals surface area contributed by atoms with Crippen molar-refractivity contribution >= 4 is 75.1 Å². The maximum Gasteiger partial charge on any atom is 0.136 e. The lowest BCUT2D eigenvalue weighted by Crippen LogP contribution is -1.93. The normalized spacial score (nSPS) is 11.8. The van der Waals surface area contributed by atoms with Crippen molar-refractivity contribution in [1.29, 1.82) is 0 Å². The average molecular weight is 680 g/mol. The Kier molecular flexibility index (Phi) is 6.46. The van der Waals surface area contributed by atoms with Crippen molar-refractivity contribution in [1.82, 2.24) is 4.98 Å². The molecule has 3 aromatic heterocycles. The molecule has 11 rings (SSSR count). The van der Waals surface area contributed by atoms with Gasteiger partial charge in [-0.05, 0) is 64.2 Å². The van der Waals surface area contributed by atoms with Gasteiger partial charge in [0.2, 0.25) is 0 Å². The predicted octanol–water partition coefficient (Wildman–Crippen LogP) is 14.3. The van der Waals surface area contributed by atoms with Gasteiger partial charge in [-0.3, -0.25) is 0 Å². The summed E-state index contributed by atoms with van der Waals surface area (Å²) in [4.78, 5) is 5.37. The number of hydrogen-bond donors (Lipinski definition) is 0. The maximum atomic E-state index is 6.58. The number of hydrogen-bond acceptors (Lipinski definition) is 3. The summed E-state index contributed by atoms with van der Waals surface area (Å²) in [7, 11) is 0. The predicted molar refractivity (Wildman–Crippen MR) is 221 cm³/mol. The maximum absolute atomic E-state index is 6.58. The number of benzene rings is 8. The summed E-state index contributed by atoms with van der Waals surface area (Å²) in [5, 5.41) is 8.31. The van der Waals surface area contributed by atoms with E-state index in [0.717, 1.165) is 60.6 Å². The minimum atomic E-state index is 0.867. The van der Waals surface area contributed by atoms with Gasteiger partial charge in [0.1, 0.15) is 11.2 Å². The molecule has 0 saturated heterocycles. The summed E-state index contributed by atoms with van der Waals surface area (Å²) in [6.07, 6.45) is 0. The summed E-state index contributed by atoms with van der Waals surface area (Å²) in [6.45, 7) is 0. The van der Waals surface area contributed by atoms with Crippen LogP contribution in [0.2, 0.25) is 0 Å². The van der Waals surface area contributed by atoms with Gasteiger partial charge in [0.15, 0.2) is 0 Å². The van der Waals surface area contributed by atoms with Crippen LogP contribution in [0, 0.1) is 0 Å². The lowest BCUT2D eigenvalue weighted by atomic mass is 9.89. The molecule has 242 valence electrons. The molecule has 0 N–H and O–H groups in total. The first-order valence-electron chi connectivity index (χ1n) is 17.6. The molecule has 0 aliphatic heterocycles. The zero-order chi connectivity index (χ0) is 34.2. The van der Waals surface area contributed by atoms with E-state index in [0.29, 0.717) is 0 Å². The minimum absolute atomic E-state index is 0.867. The highest BCUT2D eigenvalue weighted by Gasteiger charge is 2.21. The molecule has 3 heterocycles. The molecule has 0 amide bonds. The van der Waals surface area contributed by atoms with Crippen LogP contribution in [0.15, 0.2) is 180 Å². The van der Waals surface area contributed by atoms with Crippen molar-refractivity contribution in [3.8, 4) is 44.6 Å². The Hall–Kier alpha value is -6.55. The van der Waals surface area contributed by atoms with E-state index in [4.69, 9.17) is 9.40 Å². The van der Waals surface area contributed by atoms with E-state index in [1.165, 1.54) is 47.8 Å². The van der Waals surface area contributed by atoms with Crippen LogP contribution < -0.4 is 0 Å². The molecular weight excluding hydrogens is 651 g/mol. The van der Waals surface area contributed by atoms with Crippen molar-refractivity contribution in [3.63, 3.8) is 0 Å². The van der Waals surface area contributed by atoms with Gasteiger partial charge >= 0.3 is 0 Å². The van der Waals surface area contributed by atoms with Gasteiger partial charge in [0, 0.05) is 58.2 Å². The Morgan fingerprint density at radius 2 is 1.06 bits per heavy atom. The van der Waals surface area contributed by atoms with Crippen molar-refractivity contribution in [2.45, 2.75) is 0 Å². The third-order valence-electron chi connectivity index (χ3n) is 10.5. The van der Waals surface area contributed by atoms with Crippen molar-refractivity contribution in [3.05, 3.63) is 176 Å². The van der Waals surface area contributed by atoms with E-state index in [1.807, 2.05) is 17.4 Å². The van der Waals surface area contributed by atoms with Gasteiger partial charge in [-0.15, -0.1) is 11.3 Å². The molecule has 0 fully saturated rings. The van der Waals surface area contributed by atoms with Gasteiger partial charge < -0.3 is 4.42 Å². The molecule has 0 aliphatic rings. The van der Waals surface area contributed by atoms with Gasteiger partial charge in [0.05, 0.1) is 11.2 Å². The summed E-state index contributed by atoms with van der Waals surface area (Å²) in [6, 6.07) is 63.0. The standard InChI is InChI=1S/C49H29NOS/c1-2-12-32(13-3-1)45-47-36-16-4-7-20-40(36)50-49(39(47)29-42-48(45)37-17-5-8-21-41(37)51-42)34-15-10-14-33(28-34)30-24-26-31(27-25-30)35-19-11-23-44-46(35)38-18-6-9-22-43(38)52-44/h1-29H. The highest BCUT2D eigenvalue weighted by molar-refractivity contribution is 7.25. The molecule has 0 aliphatic carbocycles. The molecule has 11 aromatic rings. The lowest BCUT2D eigenvalue weighted by molar-refractivity contribution is 0.669. The average Bonchev–Trinajstić information content (AvgIpc) is 3.78. The van der Waals surface area contributed by atoms with E-state index in [-0.39, 0.29) is 0 Å². The first kappa shape index (κ1) is 29.2. The SMILES string of the molecule is c1ccc(-c2c3c(cc4c(-c5cccc(-c6ccc(-c7cccc8sc9ccccc9c78)cc6)c5)nc5ccccc5c24)oc2ccccc23)cc1. The summed E-state index contributed by atoms with van der Waals surface area (Å²) in [5.41, 5.74) is 11.9. The summed E-state index contributed by atoms with van der Waals surface area (Å²) in [5.74, 6) is 0. The van der Waals surface area contributed by atoms with E-state index in [2.05, 4.69) is 170 Å². The topological polar surface area (TPSA) is 26.0 Å². The minimum Gasteiger partial charge on any atom is -0.456 e. The first-order valence-corrected chi connectivity index (χ1v) is 18.4. The number of fused-ring (bicyclic) bond motifs is 9. The summed E-state index contributed by atoms with van der Waals surface area (Å²) >= 11 is 1.86.